The van der Waals surface area contributed by atoms with Crippen molar-refractivity contribution in [3.05, 3.63) is 97.2 Å². The highest BCUT2D eigenvalue weighted by Crippen LogP contribution is 2.43. The number of phosphoric acid groups is 1. The number of unbranched alkanes of at least 4 members (excludes halogenated alkanes) is 13. The molecular weight excluding hydrogens is 756 g/mol. The van der Waals surface area contributed by atoms with Gasteiger partial charge in [0.15, 0.2) is 0 Å². The van der Waals surface area contributed by atoms with Crippen LogP contribution in [0.15, 0.2) is 97.2 Å². The van der Waals surface area contributed by atoms with Crippen LogP contribution >= 0.6 is 7.82 Å². The van der Waals surface area contributed by atoms with Gasteiger partial charge in [0, 0.05) is 6.42 Å². The van der Waals surface area contributed by atoms with Crippen LogP contribution in [0.3, 0.4) is 0 Å². The number of likely N-dealkylation sites (N-methyl/N-ethyl adjacent to an activating group) is 1. The molecule has 0 aromatic carbocycles. The summed E-state index contributed by atoms with van der Waals surface area (Å²) < 4.78 is 23.3. The molecule has 0 bridgehead atoms. The quantitative estimate of drug-likeness (QED) is 0.0246. The SMILES string of the molecule is CC/C=C\C/C=C\C/C=C\C/C=C\C/C=C\C/C=C\C/C=C\CCCCCCCCCCCCCC(=O)NC(COP(=O)(O)OCC[N+](C)(C)C)C(O)/C=C/CCCC. The van der Waals surface area contributed by atoms with E-state index in [1.807, 2.05) is 27.2 Å². The first-order valence-corrected chi connectivity index (χ1v) is 24.6. The minimum absolute atomic E-state index is 0.0551. The lowest BCUT2D eigenvalue weighted by Gasteiger charge is -2.25. The number of quaternary nitrogens is 1. The molecule has 0 fully saturated rings. The number of aliphatic hydroxyl groups excluding tert-OH is 1. The van der Waals surface area contributed by atoms with Gasteiger partial charge in [-0.05, 0) is 70.6 Å². The largest absolute Gasteiger partial charge is 0.472 e. The summed E-state index contributed by atoms with van der Waals surface area (Å²) in [4.78, 5) is 22.9. The van der Waals surface area contributed by atoms with Crippen LogP contribution < -0.4 is 5.32 Å². The summed E-state index contributed by atoms with van der Waals surface area (Å²) >= 11 is 0. The fourth-order valence-electron chi connectivity index (χ4n) is 5.89. The standard InChI is InChI=1S/C50H87N2O6P/c1-6-8-10-12-13-14-15-16-17-18-19-20-21-22-23-24-25-26-27-28-29-30-31-32-33-34-35-36-37-38-39-40-42-44-50(54)51-48(49(53)43-41-11-9-7-2)47-58-59(55,56)57-46-45-52(3,4)5/h8,10,13-14,16-17,19-20,22-23,25-26,28-29,41,43,48-49,53H,6-7,9,11-12,15,18,21,24,27,30-40,42,44-47H2,1-5H3,(H-,51,54,55,56)/p+1/b10-8-,14-13-,17-16-,20-19-,23-22-,26-25-,29-28-,43-41+. The van der Waals surface area contributed by atoms with E-state index < -0.39 is 20.0 Å². The van der Waals surface area contributed by atoms with Gasteiger partial charge in [0.05, 0.1) is 39.9 Å². The highest BCUT2D eigenvalue weighted by atomic mass is 31.2. The predicted octanol–water partition coefficient (Wildman–Crippen LogP) is 13.1. The van der Waals surface area contributed by atoms with E-state index in [9.17, 15) is 19.4 Å². The van der Waals surface area contributed by atoms with Gasteiger partial charge >= 0.3 is 7.82 Å². The fourth-order valence-corrected chi connectivity index (χ4v) is 6.62. The smallest absolute Gasteiger partial charge is 0.387 e. The first kappa shape index (κ1) is 56.4. The molecule has 0 spiro atoms. The molecule has 3 N–H and O–H groups in total. The van der Waals surface area contributed by atoms with Crippen LogP contribution in [0.1, 0.15) is 162 Å². The third kappa shape index (κ3) is 43.3. The summed E-state index contributed by atoms with van der Waals surface area (Å²) in [5.41, 5.74) is 0. The molecule has 3 atom stereocenters. The lowest BCUT2D eigenvalue weighted by Crippen LogP contribution is -2.45. The summed E-state index contributed by atoms with van der Waals surface area (Å²) in [7, 11) is 1.55. The summed E-state index contributed by atoms with van der Waals surface area (Å²) in [5.74, 6) is -0.196. The molecule has 0 aliphatic carbocycles. The number of allylic oxidation sites excluding steroid dienone is 15. The maximum Gasteiger partial charge on any atom is 0.472 e. The molecule has 0 aliphatic rings. The van der Waals surface area contributed by atoms with Crippen LogP contribution in [0.25, 0.3) is 0 Å². The van der Waals surface area contributed by atoms with Gasteiger partial charge in [-0.15, -0.1) is 0 Å². The molecule has 3 unspecified atom stereocenters. The Kier molecular flexibility index (Phi) is 39.0. The zero-order chi connectivity index (χ0) is 43.6. The zero-order valence-corrected chi connectivity index (χ0v) is 39.1. The molecule has 8 nitrogen and oxygen atoms in total. The van der Waals surface area contributed by atoms with E-state index in [4.69, 9.17) is 9.05 Å². The van der Waals surface area contributed by atoms with E-state index >= 15 is 0 Å². The fraction of sp³-hybridized carbons (Fsp3) is 0.660. The summed E-state index contributed by atoms with van der Waals surface area (Å²) in [6.45, 7) is 4.51. The predicted molar refractivity (Wildman–Crippen MR) is 253 cm³/mol. The van der Waals surface area contributed by atoms with Crippen LogP contribution in [0, 0.1) is 0 Å². The topological polar surface area (TPSA) is 105 Å². The molecular formula is C50H88N2O6P+. The van der Waals surface area contributed by atoms with Crippen molar-refractivity contribution in [2.75, 3.05) is 40.9 Å². The van der Waals surface area contributed by atoms with Crippen molar-refractivity contribution in [3.8, 4) is 0 Å². The lowest BCUT2D eigenvalue weighted by molar-refractivity contribution is -0.870. The second-order valence-corrected chi connectivity index (χ2v) is 17.9. The number of phosphoric ester groups is 1. The highest BCUT2D eigenvalue weighted by molar-refractivity contribution is 7.47. The van der Waals surface area contributed by atoms with Gasteiger partial charge in [0.1, 0.15) is 13.2 Å². The molecule has 0 aliphatic heterocycles. The maximum atomic E-state index is 12.7. The Balaban J connectivity index is 3.93. The van der Waals surface area contributed by atoms with Crippen LogP contribution in [-0.2, 0) is 18.4 Å². The van der Waals surface area contributed by atoms with E-state index in [-0.39, 0.29) is 19.1 Å². The minimum atomic E-state index is -4.32. The molecule has 0 saturated heterocycles. The molecule has 0 radical (unpaired) electrons. The molecule has 0 aromatic rings. The highest BCUT2D eigenvalue weighted by Gasteiger charge is 2.27. The second-order valence-electron chi connectivity index (χ2n) is 16.4. The Morgan fingerprint density at radius 1 is 0.593 bits per heavy atom. The Labute approximate surface area is 362 Å². The third-order valence-electron chi connectivity index (χ3n) is 9.56. The molecule has 0 aromatic heterocycles. The van der Waals surface area contributed by atoms with E-state index in [0.29, 0.717) is 17.4 Å². The minimum Gasteiger partial charge on any atom is -0.387 e. The zero-order valence-electron chi connectivity index (χ0n) is 38.2. The van der Waals surface area contributed by atoms with Gasteiger partial charge in [-0.3, -0.25) is 13.8 Å². The van der Waals surface area contributed by atoms with Crippen LogP contribution in [-0.4, -0.2) is 73.4 Å². The maximum absolute atomic E-state index is 12.7. The molecule has 1 amide bonds. The number of carbonyl (C=O) groups is 1. The number of nitrogens with zero attached hydrogens (tertiary/aromatic N) is 1. The van der Waals surface area contributed by atoms with Gasteiger partial charge in [0.25, 0.3) is 0 Å². The van der Waals surface area contributed by atoms with Crippen molar-refractivity contribution in [2.24, 2.45) is 0 Å². The van der Waals surface area contributed by atoms with Gasteiger partial charge in [-0.25, -0.2) is 4.57 Å². The van der Waals surface area contributed by atoms with Crippen LogP contribution in [0.4, 0.5) is 0 Å². The monoisotopic (exact) mass is 844 g/mol. The van der Waals surface area contributed by atoms with E-state index in [0.717, 1.165) is 83.5 Å². The van der Waals surface area contributed by atoms with Crippen LogP contribution in [0.2, 0.25) is 0 Å². The Bertz CT molecular complexity index is 1280. The molecule has 9 heteroatoms. The van der Waals surface area contributed by atoms with E-state index in [1.165, 1.54) is 57.8 Å². The average Bonchev–Trinajstić information content (AvgIpc) is 3.19. The number of rotatable bonds is 40. The van der Waals surface area contributed by atoms with Crippen molar-refractivity contribution >= 4 is 13.7 Å². The summed E-state index contributed by atoms with van der Waals surface area (Å²) in [6.07, 6.45) is 58.4. The first-order valence-electron chi connectivity index (χ1n) is 23.1. The third-order valence-corrected chi connectivity index (χ3v) is 10.5. The van der Waals surface area contributed by atoms with Gasteiger partial charge in [-0.2, -0.15) is 0 Å². The number of carbonyl (C=O) groups excluding carboxylic acids is 1. The van der Waals surface area contributed by atoms with Gasteiger partial charge in [0.2, 0.25) is 5.91 Å². The average molecular weight is 844 g/mol. The van der Waals surface area contributed by atoms with Gasteiger partial charge in [-0.1, -0.05) is 182 Å². The van der Waals surface area contributed by atoms with Crippen molar-refractivity contribution < 1.29 is 32.9 Å². The number of aliphatic hydroxyl groups is 1. The number of hydrogen-bond donors (Lipinski definition) is 3. The van der Waals surface area contributed by atoms with Crippen molar-refractivity contribution in [1.29, 1.82) is 0 Å². The molecule has 0 rings (SSSR count). The number of nitrogens with one attached hydrogen (secondary N) is 1. The van der Waals surface area contributed by atoms with E-state index in [1.54, 1.807) is 6.08 Å². The lowest BCUT2D eigenvalue weighted by atomic mass is 10.0. The molecule has 59 heavy (non-hydrogen) atoms. The van der Waals surface area contributed by atoms with Gasteiger partial charge < -0.3 is 19.8 Å². The normalized spacial score (nSPS) is 15.2. The Hall–Kier alpha value is -2.58. The first-order chi connectivity index (χ1) is 28.5. The van der Waals surface area contributed by atoms with E-state index in [2.05, 4.69) is 104 Å². The Morgan fingerprint density at radius 3 is 1.47 bits per heavy atom. The number of amides is 1. The number of hydrogen-bond acceptors (Lipinski definition) is 5. The van der Waals surface area contributed by atoms with Crippen molar-refractivity contribution in [3.63, 3.8) is 0 Å². The second kappa shape index (κ2) is 40.8. The Morgan fingerprint density at radius 2 is 1.02 bits per heavy atom. The molecule has 0 saturated carbocycles. The molecule has 0 heterocycles. The van der Waals surface area contributed by atoms with Crippen molar-refractivity contribution in [1.82, 2.24) is 5.32 Å². The van der Waals surface area contributed by atoms with Crippen LogP contribution in [0.5, 0.6) is 0 Å². The summed E-state index contributed by atoms with van der Waals surface area (Å²) in [5, 5.41) is 13.5. The summed E-state index contributed by atoms with van der Waals surface area (Å²) in [6, 6.07) is -0.849. The molecule has 338 valence electrons. The van der Waals surface area contributed by atoms with Crippen molar-refractivity contribution in [2.45, 2.75) is 174 Å².